The van der Waals surface area contributed by atoms with Gasteiger partial charge in [-0.1, -0.05) is 26.3 Å². The SMILES string of the molecule is C=C.C=CN1CCN(CCCCC)CC1. The summed E-state index contributed by atoms with van der Waals surface area (Å²) in [6, 6.07) is 0. The van der Waals surface area contributed by atoms with Gasteiger partial charge in [-0.3, -0.25) is 4.90 Å². The van der Waals surface area contributed by atoms with Crippen LogP contribution in [0.2, 0.25) is 0 Å². The van der Waals surface area contributed by atoms with Crippen LogP contribution in [0.4, 0.5) is 0 Å². The first kappa shape index (κ1) is 14.2. The van der Waals surface area contributed by atoms with E-state index in [-0.39, 0.29) is 0 Å². The molecule has 0 radical (unpaired) electrons. The summed E-state index contributed by atoms with van der Waals surface area (Å²) in [6.45, 7) is 18.1. The van der Waals surface area contributed by atoms with Crippen molar-refractivity contribution in [2.24, 2.45) is 0 Å². The van der Waals surface area contributed by atoms with Crippen molar-refractivity contribution in [3.8, 4) is 0 Å². The van der Waals surface area contributed by atoms with Crippen molar-refractivity contribution in [1.82, 2.24) is 9.80 Å². The largest absolute Gasteiger partial charge is 0.375 e. The Labute approximate surface area is 95.3 Å². The maximum atomic E-state index is 3.79. The van der Waals surface area contributed by atoms with Crippen LogP contribution < -0.4 is 0 Å². The van der Waals surface area contributed by atoms with Crippen LogP contribution in [0.25, 0.3) is 0 Å². The van der Waals surface area contributed by atoms with Gasteiger partial charge in [0.25, 0.3) is 0 Å². The first-order chi connectivity index (χ1) is 7.36. The van der Waals surface area contributed by atoms with Crippen molar-refractivity contribution in [3.63, 3.8) is 0 Å². The lowest BCUT2D eigenvalue weighted by Gasteiger charge is -2.33. The Morgan fingerprint density at radius 2 is 1.67 bits per heavy atom. The first-order valence-corrected chi connectivity index (χ1v) is 5.95. The predicted molar refractivity (Wildman–Crippen MR) is 69.0 cm³/mol. The minimum absolute atomic E-state index is 1.16. The van der Waals surface area contributed by atoms with E-state index < -0.39 is 0 Å². The maximum Gasteiger partial charge on any atom is 0.0300 e. The smallest absolute Gasteiger partial charge is 0.0300 e. The average molecular weight is 210 g/mol. The summed E-state index contributed by atoms with van der Waals surface area (Å²) in [5, 5.41) is 0. The maximum absolute atomic E-state index is 3.79. The fourth-order valence-corrected chi connectivity index (χ4v) is 1.75. The van der Waals surface area contributed by atoms with E-state index in [0.29, 0.717) is 0 Å². The summed E-state index contributed by atoms with van der Waals surface area (Å²) in [4.78, 5) is 4.87. The van der Waals surface area contributed by atoms with Crippen LogP contribution in [-0.4, -0.2) is 42.5 Å². The van der Waals surface area contributed by atoms with E-state index in [2.05, 4.69) is 36.5 Å². The highest BCUT2D eigenvalue weighted by atomic mass is 15.2. The number of rotatable bonds is 5. The molecule has 0 aromatic heterocycles. The van der Waals surface area contributed by atoms with Crippen LogP contribution in [0.1, 0.15) is 26.2 Å². The normalized spacial score (nSPS) is 16.7. The third-order valence-corrected chi connectivity index (χ3v) is 2.74. The lowest BCUT2D eigenvalue weighted by molar-refractivity contribution is 0.166. The molecule has 1 heterocycles. The van der Waals surface area contributed by atoms with Crippen LogP contribution in [0.5, 0.6) is 0 Å². The van der Waals surface area contributed by atoms with Crippen molar-refractivity contribution < 1.29 is 0 Å². The third-order valence-electron chi connectivity index (χ3n) is 2.74. The summed E-state index contributed by atoms with van der Waals surface area (Å²) in [5.41, 5.74) is 0. The standard InChI is InChI=1S/C11H22N2.C2H4/c1-3-5-6-7-13-10-8-12(4-2)9-11-13;1-2/h4H,2-3,5-11H2,1H3;1-2H2. The van der Waals surface area contributed by atoms with Crippen LogP contribution in [0.3, 0.4) is 0 Å². The second-order valence-electron chi connectivity index (χ2n) is 3.77. The minimum atomic E-state index is 1.16. The monoisotopic (exact) mass is 210 g/mol. The average Bonchev–Trinajstić information content (AvgIpc) is 2.33. The molecular formula is C13H26N2. The Bertz CT molecular complexity index is 149. The second-order valence-corrected chi connectivity index (χ2v) is 3.77. The molecule has 0 spiro atoms. The van der Waals surface area contributed by atoms with Gasteiger partial charge in [-0.05, 0) is 19.2 Å². The van der Waals surface area contributed by atoms with Crippen LogP contribution in [-0.2, 0) is 0 Å². The molecule has 0 saturated carbocycles. The van der Waals surface area contributed by atoms with E-state index in [1.165, 1.54) is 38.9 Å². The molecule has 15 heavy (non-hydrogen) atoms. The van der Waals surface area contributed by atoms with Crippen molar-refractivity contribution in [2.45, 2.75) is 26.2 Å². The Kier molecular flexibility index (Phi) is 9.29. The van der Waals surface area contributed by atoms with Gasteiger partial charge in [-0.15, -0.1) is 13.2 Å². The molecule has 0 aromatic carbocycles. The molecule has 0 aromatic rings. The quantitative estimate of drug-likeness (QED) is 0.508. The molecule has 0 bridgehead atoms. The highest BCUT2D eigenvalue weighted by Gasteiger charge is 2.12. The first-order valence-electron chi connectivity index (χ1n) is 5.95. The zero-order valence-corrected chi connectivity index (χ0v) is 10.2. The van der Waals surface area contributed by atoms with Gasteiger partial charge in [-0.2, -0.15) is 0 Å². The van der Waals surface area contributed by atoms with E-state index in [4.69, 9.17) is 0 Å². The van der Waals surface area contributed by atoms with Crippen molar-refractivity contribution in [2.75, 3.05) is 32.7 Å². The molecule has 0 atom stereocenters. The van der Waals surface area contributed by atoms with Gasteiger partial charge in [0.1, 0.15) is 0 Å². The van der Waals surface area contributed by atoms with Gasteiger partial charge in [0.05, 0.1) is 0 Å². The summed E-state index contributed by atoms with van der Waals surface area (Å²) in [5.74, 6) is 0. The highest BCUT2D eigenvalue weighted by molar-refractivity contribution is 4.78. The molecule has 1 aliphatic heterocycles. The summed E-state index contributed by atoms with van der Waals surface area (Å²) >= 11 is 0. The number of piperazine rings is 1. The van der Waals surface area contributed by atoms with E-state index in [9.17, 15) is 0 Å². The molecule has 88 valence electrons. The molecule has 1 fully saturated rings. The van der Waals surface area contributed by atoms with Gasteiger partial charge in [0, 0.05) is 26.2 Å². The van der Waals surface area contributed by atoms with E-state index in [1.54, 1.807) is 0 Å². The van der Waals surface area contributed by atoms with Gasteiger partial charge in [-0.25, -0.2) is 0 Å². The van der Waals surface area contributed by atoms with Crippen LogP contribution >= 0.6 is 0 Å². The second kappa shape index (κ2) is 9.78. The van der Waals surface area contributed by atoms with Crippen LogP contribution in [0.15, 0.2) is 25.9 Å². The molecule has 1 saturated heterocycles. The highest BCUT2D eigenvalue weighted by Crippen LogP contribution is 2.04. The fraction of sp³-hybridized carbons (Fsp3) is 0.692. The van der Waals surface area contributed by atoms with Crippen LogP contribution in [0, 0.1) is 0 Å². The van der Waals surface area contributed by atoms with Crippen molar-refractivity contribution in [3.05, 3.63) is 25.9 Å². The lowest BCUT2D eigenvalue weighted by atomic mass is 10.2. The summed E-state index contributed by atoms with van der Waals surface area (Å²) in [6.07, 6.45) is 6.03. The zero-order chi connectivity index (χ0) is 11.5. The molecule has 1 rings (SSSR count). The van der Waals surface area contributed by atoms with Gasteiger partial charge in [0.2, 0.25) is 0 Å². The Morgan fingerprint density at radius 1 is 1.07 bits per heavy atom. The fourth-order valence-electron chi connectivity index (χ4n) is 1.75. The minimum Gasteiger partial charge on any atom is -0.375 e. The predicted octanol–water partition coefficient (Wildman–Crippen LogP) is 2.74. The molecule has 2 nitrogen and oxygen atoms in total. The molecule has 0 N–H and O–H groups in total. The Hall–Kier alpha value is -0.760. The Balaban J connectivity index is 0.000000921. The molecule has 2 heteroatoms. The summed E-state index contributed by atoms with van der Waals surface area (Å²) in [7, 11) is 0. The topological polar surface area (TPSA) is 6.48 Å². The van der Waals surface area contributed by atoms with Gasteiger partial charge in [0.15, 0.2) is 0 Å². The van der Waals surface area contributed by atoms with Gasteiger partial charge >= 0.3 is 0 Å². The lowest BCUT2D eigenvalue weighted by Crippen LogP contribution is -2.44. The van der Waals surface area contributed by atoms with E-state index in [0.717, 1.165) is 13.1 Å². The van der Waals surface area contributed by atoms with Crippen molar-refractivity contribution in [1.29, 1.82) is 0 Å². The van der Waals surface area contributed by atoms with E-state index >= 15 is 0 Å². The summed E-state index contributed by atoms with van der Waals surface area (Å²) < 4.78 is 0. The molecule has 1 aliphatic rings. The molecule has 0 aliphatic carbocycles. The number of unbranched alkanes of at least 4 members (excludes halogenated alkanes) is 2. The Morgan fingerprint density at radius 3 is 2.13 bits per heavy atom. The molecule has 0 unspecified atom stereocenters. The van der Waals surface area contributed by atoms with Crippen molar-refractivity contribution >= 4 is 0 Å². The van der Waals surface area contributed by atoms with E-state index in [1.807, 2.05) is 6.20 Å². The molecular weight excluding hydrogens is 184 g/mol. The number of hydrogen-bond donors (Lipinski definition) is 0. The third kappa shape index (κ3) is 6.34. The van der Waals surface area contributed by atoms with Gasteiger partial charge < -0.3 is 4.90 Å². The number of nitrogens with zero attached hydrogens (tertiary/aromatic N) is 2. The zero-order valence-electron chi connectivity index (χ0n) is 10.2. The molecule has 0 amide bonds. The number of hydrogen-bond acceptors (Lipinski definition) is 2.